The van der Waals surface area contributed by atoms with Crippen molar-refractivity contribution in [3.05, 3.63) is 72.4 Å². The molecule has 0 saturated carbocycles. The number of aromatic hydroxyl groups is 1. The molecule has 4 aromatic rings. The van der Waals surface area contributed by atoms with E-state index in [4.69, 9.17) is 9.47 Å². The van der Waals surface area contributed by atoms with Gasteiger partial charge in [0.25, 0.3) is 0 Å². The second-order valence-electron chi connectivity index (χ2n) is 6.45. The van der Waals surface area contributed by atoms with E-state index in [2.05, 4.69) is 11.1 Å². The van der Waals surface area contributed by atoms with Crippen molar-refractivity contribution in [3.8, 4) is 45.7 Å². The van der Waals surface area contributed by atoms with Crippen molar-refractivity contribution in [1.82, 2.24) is 4.98 Å². The third kappa shape index (κ3) is 3.11. The maximum atomic E-state index is 10.6. The Morgan fingerprint density at radius 2 is 1.76 bits per heavy atom. The number of rotatable bonds is 4. The van der Waals surface area contributed by atoms with E-state index >= 15 is 0 Å². The van der Waals surface area contributed by atoms with Gasteiger partial charge in [-0.15, -0.1) is 0 Å². The van der Waals surface area contributed by atoms with E-state index in [-0.39, 0.29) is 5.75 Å². The van der Waals surface area contributed by atoms with Crippen molar-refractivity contribution < 1.29 is 14.6 Å². The van der Waals surface area contributed by atoms with Crippen LogP contribution in [-0.4, -0.2) is 24.3 Å². The summed E-state index contributed by atoms with van der Waals surface area (Å²) in [6.45, 7) is 0. The van der Waals surface area contributed by atoms with Crippen molar-refractivity contribution in [1.29, 1.82) is 5.26 Å². The summed E-state index contributed by atoms with van der Waals surface area (Å²) in [7, 11) is 3.13. The molecule has 0 atom stereocenters. The molecule has 1 N–H and O–H groups in total. The van der Waals surface area contributed by atoms with Crippen LogP contribution >= 0.6 is 0 Å². The smallest absolute Gasteiger partial charge is 0.168 e. The van der Waals surface area contributed by atoms with Gasteiger partial charge in [-0.3, -0.25) is 4.98 Å². The molecule has 0 bridgehead atoms. The summed E-state index contributed by atoms with van der Waals surface area (Å²) in [6.07, 6.45) is 1.52. The standard InChI is InChI=1S/C24H18N2O3/c1-28-22-9-5-8-18(24(22)29-2)19-12-20(26-14-16(19)13-25)23-17-7-4-3-6-15(17)10-11-21(23)27/h3-12,14,27H,1-2H3. The molecule has 5 nitrogen and oxygen atoms in total. The quantitative estimate of drug-likeness (QED) is 0.527. The first kappa shape index (κ1) is 18.3. The Labute approximate surface area is 168 Å². The Bertz CT molecular complexity index is 1260. The number of pyridine rings is 1. The fraction of sp³-hybridized carbons (Fsp3) is 0.0833. The lowest BCUT2D eigenvalue weighted by molar-refractivity contribution is 0.356. The van der Waals surface area contributed by atoms with E-state index < -0.39 is 0 Å². The molecular formula is C24H18N2O3. The van der Waals surface area contributed by atoms with Crippen LogP contribution in [0.5, 0.6) is 17.2 Å². The highest BCUT2D eigenvalue weighted by Crippen LogP contribution is 2.42. The first-order valence-electron chi connectivity index (χ1n) is 9.00. The summed E-state index contributed by atoms with van der Waals surface area (Å²) >= 11 is 0. The van der Waals surface area contributed by atoms with Crippen molar-refractivity contribution in [2.24, 2.45) is 0 Å². The third-order valence-corrected chi connectivity index (χ3v) is 4.88. The van der Waals surface area contributed by atoms with Crippen molar-refractivity contribution in [2.75, 3.05) is 14.2 Å². The van der Waals surface area contributed by atoms with Gasteiger partial charge in [0, 0.05) is 22.9 Å². The van der Waals surface area contributed by atoms with Crippen LogP contribution in [0.25, 0.3) is 33.2 Å². The monoisotopic (exact) mass is 382 g/mol. The van der Waals surface area contributed by atoms with Crippen molar-refractivity contribution in [2.45, 2.75) is 0 Å². The fourth-order valence-electron chi connectivity index (χ4n) is 3.53. The van der Waals surface area contributed by atoms with Crippen LogP contribution in [-0.2, 0) is 0 Å². The van der Waals surface area contributed by atoms with Crippen molar-refractivity contribution in [3.63, 3.8) is 0 Å². The molecule has 0 fully saturated rings. The number of hydrogen-bond donors (Lipinski definition) is 1. The van der Waals surface area contributed by atoms with Gasteiger partial charge < -0.3 is 14.6 Å². The molecule has 29 heavy (non-hydrogen) atoms. The molecule has 0 aliphatic carbocycles. The van der Waals surface area contributed by atoms with Crippen LogP contribution in [0, 0.1) is 11.3 Å². The molecule has 142 valence electrons. The highest BCUT2D eigenvalue weighted by Gasteiger charge is 2.18. The molecule has 0 radical (unpaired) electrons. The number of ether oxygens (including phenoxy) is 2. The molecule has 0 unspecified atom stereocenters. The third-order valence-electron chi connectivity index (χ3n) is 4.88. The van der Waals surface area contributed by atoms with E-state index in [1.165, 1.54) is 6.20 Å². The summed E-state index contributed by atoms with van der Waals surface area (Å²) < 4.78 is 11.0. The number of phenols is 1. The predicted molar refractivity (Wildman–Crippen MR) is 112 cm³/mol. The lowest BCUT2D eigenvalue weighted by atomic mass is 9.95. The highest BCUT2D eigenvalue weighted by atomic mass is 16.5. The summed E-state index contributed by atoms with van der Waals surface area (Å²) in [5.74, 6) is 1.23. The largest absolute Gasteiger partial charge is 0.507 e. The maximum Gasteiger partial charge on any atom is 0.168 e. The summed E-state index contributed by atoms with van der Waals surface area (Å²) in [5.41, 5.74) is 2.96. The number of benzene rings is 3. The average Bonchev–Trinajstić information content (AvgIpc) is 2.78. The number of methoxy groups -OCH3 is 2. The topological polar surface area (TPSA) is 75.4 Å². The summed E-state index contributed by atoms with van der Waals surface area (Å²) in [6, 6.07) is 20.8. The van der Waals surface area contributed by atoms with Crippen LogP contribution < -0.4 is 9.47 Å². The van der Waals surface area contributed by atoms with Gasteiger partial charge >= 0.3 is 0 Å². The zero-order chi connectivity index (χ0) is 20.4. The molecule has 0 aliphatic heterocycles. The normalized spacial score (nSPS) is 10.5. The zero-order valence-electron chi connectivity index (χ0n) is 16.0. The van der Waals surface area contributed by atoms with Gasteiger partial charge in [-0.05, 0) is 29.0 Å². The lowest BCUT2D eigenvalue weighted by Crippen LogP contribution is -1.96. The predicted octanol–water partition coefficient (Wildman–Crippen LogP) is 5.16. The number of nitrogens with zero attached hydrogens (tertiary/aromatic N) is 2. The van der Waals surface area contributed by atoms with Gasteiger partial charge in [-0.1, -0.05) is 42.5 Å². The van der Waals surface area contributed by atoms with Gasteiger partial charge in [-0.2, -0.15) is 5.26 Å². The number of nitriles is 1. The van der Waals surface area contributed by atoms with E-state index in [0.717, 1.165) is 10.8 Å². The minimum atomic E-state index is 0.129. The molecule has 5 heteroatoms. The Morgan fingerprint density at radius 1 is 0.931 bits per heavy atom. The summed E-state index contributed by atoms with van der Waals surface area (Å²) in [4.78, 5) is 4.46. The SMILES string of the molecule is COc1cccc(-c2cc(-c3c(O)ccc4ccccc34)ncc2C#N)c1OC. The molecule has 1 aromatic heterocycles. The maximum absolute atomic E-state index is 10.6. The molecule has 1 heterocycles. The molecule has 0 saturated heterocycles. The minimum Gasteiger partial charge on any atom is -0.507 e. The molecule has 3 aromatic carbocycles. The van der Waals surface area contributed by atoms with Crippen molar-refractivity contribution >= 4 is 10.8 Å². The Morgan fingerprint density at radius 3 is 2.52 bits per heavy atom. The van der Waals surface area contributed by atoms with E-state index in [1.54, 1.807) is 32.4 Å². The number of phenolic OH excluding ortho intramolecular Hbond substituents is 1. The van der Waals surface area contributed by atoms with Crippen LogP contribution in [0.3, 0.4) is 0 Å². The van der Waals surface area contributed by atoms with Gasteiger partial charge in [0.2, 0.25) is 0 Å². The Kier molecular flexibility index (Phi) is 4.76. The van der Waals surface area contributed by atoms with Crippen LogP contribution in [0.15, 0.2) is 66.9 Å². The lowest BCUT2D eigenvalue weighted by Gasteiger charge is -2.15. The molecule has 0 spiro atoms. The first-order chi connectivity index (χ1) is 14.2. The number of fused-ring (bicyclic) bond motifs is 1. The molecular weight excluding hydrogens is 364 g/mol. The van der Waals surface area contributed by atoms with Gasteiger partial charge in [0.15, 0.2) is 11.5 Å². The van der Waals surface area contributed by atoms with Crippen LogP contribution in [0.4, 0.5) is 0 Å². The second kappa shape index (κ2) is 7.53. The number of aromatic nitrogens is 1. The van der Waals surface area contributed by atoms with Crippen LogP contribution in [0.2, 0.25) is 0 Å². The van der Waals surface area contributed by atoms with E-state index in [0.29, 0.717) is 39.4 Å². The zero-order valence-corrected chi connectivity index (χ0v) is 16.0. The Balaban J connectivity index is 2.01. The Hall–Kier alpha value is -4.04. The van der Waals surface area contributed by atoms with Crippen LogP contribution in [0.1, 0.15) is 5.56 Å². The van der Waals surface area contributed by atoms with Gasteiger partial charge in [-0.25, -0.2) is 0 Å². The van der Waals surface area contributed by atoms with Gasteiger partial charge in [0.05, 0.1) is 25.5 Å². The fourth-order valence-corrected chi connectivity index (χ4v) is 3.53. The molecule has 4 rings (SSSR count). The molecule has 0 aliphatic rings. The number of hydrogen-bond acceptors (Lipinski definition) is 5. The first-order valence-corrected chi connectivity index (χ1v) is 9.00. The average molecular weight is 382 g/mol. The van der Waals surface area contributed by atoms with E-state index in [9.17, 15) is 10.4 Å². The molecule has 0 amide bonds. The second-order valence-corrected chi connectivity index (χ2v) is 6.45. The minimum absolute atomic E-state index is 0.129. The highest BCUT2D eigenvalue weighted by molar-refractivity contribution is 5.99. The van der Waals surface area contributed by atoms with E-state index in [1.807, 2.05) is 42.5 Å². The number of para-hydroxylation sites is 1. The van der Waals surface area contributed by atoms with Gasteiger partial charge in [0.1, 0.15) is 11.8 Å². The summed E-state index contributed by atoms with van der Waals surface area (Å²) in [5, 5.41) is 22.1.